The molecule has 1 N–H and O–H groups in total. The van der Waals surface area contributed by atoms with Crippen LogP contribution in [0.3, 0.4) is 0 Å². The zero-order valence-electron chi connectivity index (χ0n) is 10.5. The highest BCUT2D eigenvalue weighted by Gasteiger charge is 2.25. The van der Waals surface area contributed by atoms with E-state index in [-0.39, 0.29) is 0 Å². The first-order valence-electron chi connectivity index (χ1n) is 5.82. The molecule has 1 heterocycles. The number of thiophene rings is 1. The molecule has 1 aromatic heterocycles. The second kappa shape index (κ2) is 4.63. The molecule has 0 saturated carbocycles. The highest BCUT2D eigenvalue weighted by atomic mass is 32.1. The average molecular weight is 246 g/mol. The van der Waals surface area contributed by atoms with Crippen LogP contribution in [0.1, 0.15) is 27.8 Å². The van der Waals surface area contributed by atoms with Crippen LogP contribution < -0.4 is 0 Å². The first-order chi connectivity index (χ1) is 7.97. The zero-order chi connectivity index (χ0) is 12.5. The Morgan fingerprint density at radius 1 is 1.06 bits per heavy atom. The van der Waals surface area contributed by atoms with Crippen molar-refractivity contribution in [3.05, 3.63) is 57.3 Å². The van der Waals surface area contributed by atoms with E-state index in [2.05, 4.69) is 44.2 Å². The van der Waals surface area contributed by atoms with E-state index in [9.17, 15) is 5.11 Å². The average Bonchev–Trinajstić information content (AvgIpc) is 2.69. The lowest BCUT2D eigenvalue weighted by Gasteiger charge is -2.22. The first-order valence-corrected chi connectivity index (χ1v) is 6.64. The van der Waals surface area contributed by atoms with Gasteiger partial charge in [-0.05, 0) is 38.5 Å². The van der Waals surface area contributed by atoms with E-state index in [1.807, 2.05) is 13.0 Å². The van der Waals surface area contributed by atoms with E-state index in [1.165, 1.54) is 16.0 Å². The van der Waals surface area contributed by atoms with Crippen molar-refractivity contribution in [2.45, 2.75) is 32.8 Å². The van der Waals surface area contributed by atoms with Gasteiger partial charge in [0.05, 0.1) is 5.60 Å². The molecule has 0 aliphatic rings. The SMILES string of the molecule is Cc1ccc(CC(C)(O)c2ccc(C)s2)cc1. The molecule has 90 valence electrons. The third-order valence-corrected chi connectivity index (χ3v) is 4.19. The summed E-state index contributed by atoms with van der Waals surface area (Å²) in [4.78, 5) is 2.28. The maximum absolute atomic E-state index is 10.5. The molecule has 0 aliphatic carbocycles. The van der Waals surface area contributed by atoms with Gasteiger partial charge in [0.2, 0.25) is 0 Å². The van der Waals surface area contributed by atoms with Crippen molar-refractivity contribution in [2.75, 3.05) is 0 Å². The van der Waals surface area contributed by atoms with E-state index in [0.29, 0.717) is 6.42 Å². The molecule has 1 nitrogen and oxygen atoms in total. The predicted molar refractivity (Wildman–Crippen MR) is 73.5 cm³/mol. The molecule has 17 heavy (non-hydrogen) atoms. The first kappa shape index (κ1) is 12.3. The van der Waals surface area contributed by atoms with E-state index in [0.717, 1.165) is 4.88 Å². The molecule has 0 saturated heterocycles. The van der Waals surface area contributed by atoms with Gasteiger partial charge in [-0.2, -0.15) is 0 Å². The minimum absolute atomic E-state index is 0.660. The Bertz CT molecular complexity index is 494. The zero-order valence-corrected chi connectivity index (χ0v) is 11.3. The molecule has 2 aromatic rings. The Morgan fingerprint density at radius 3 is 2.24 bits per heavy atom. The second-order valence-corrected chi connectivity index (χ2v) is 6.13. The minimum Gasteiger partial charge on any atom is -0.384 e. The molecule has 2 heteroatoms. The van der Waals surface area contributed by atoms with Crippen LogP contribution in [0.4, 0.5) is 0 Å². The molecule has 0 fully saturated rings. The number of aryl methyl sites for hydroxylation is 2. The lowest BCUT2D eigenvalue weighted by Crippen LogP contribution is -2.22. The Morgan fingerprint density at radius 2 is 1.71 bits per heavy atom. The molecule has 0 spiro atoms. The van der Waals surface area contributed by atoms with E-state index >= 15 is 0 Å². The Kier molecular flexibility index (Phi) is 3.36. The Labute approximate surface area is 107 Å². The maximum atomic E-state index is 10.5. The van der Waals surface area contributed by atoms with Crippen LogP contribution >= 0.6 is 11.3 Å². The van der Waals surface area contributed by atoms with Gasteiger partial charge in [-0.15, -0.1) is 11.3 Å². The number of aliphatic hydroxyl groups is 1. The van der Waals surface area contributed by atoms with E-state index in [4.69, 9.17) is 0 Å². The molecule has 1 atom stereocenters. The summed E-state index contributed by atoms with van der Waals surface area (Å²) in [6, 6.07) is 12.4. The lowest BCUT2D eigenvalue weighted by atomic mass is 9.94. The van der Waals surface area contributed by atoms with Crippen molar-refractivity contribution in [1.29, 1.82) is 0 Å². The standard InChI is InChI=1S/C15H18OS/c1-11-4-7-13(8-5-11)10-15(3,16)14-9-6-12(2)17-14/h4-9,16H,10H2,1-3H3. The molecule has 0 bridgehead atoms. The van der Waals surface area contributed by atoms with Gasteiger partial charge in [0.1, 0.15) is 0 Å². The minimum atomic E-state index is -0.770. The summed E-state index contributed by atoms with van der Waals surface area (Å²) in [6.07, 6.45) is 0.660. The van der Waals surface area contributed by atoms with Gasteiger partial charge in [0, 0.05) is 16.2 Å². The molecule has 1 unspecified atom stereocenters. The summed E-state index contributed by atoms with van der Waals surface area (Å²) in [7, 11) is 0. The van der Waals surface area contributed by atoms with Crippen molar-refractivity contribution >= 4 is 11.3 Å². The summed E-state index contributed by atoms with van der Waals surface area (Å²) >= 11 is 1.67. The van der Waals surface area contributed by atoms with Crippen molar-refractivity contribution < 1.29 is 5.11 Å². The van der Waals surface area contributed by atoms with Gasteiger partial charge in [0.15, 0.2) is 0 Å². The Hall–Kier alpha value is -1.12. The monoisotopic (exact) mass is 246 g/mol. The van der Waals surface area contributed by atoms with Crippen LogP contribution in [0, 0.1) is 13.8 Å². The Balaban J connectivity index is 2.19. The normalized spacial score (nSPS) is 14.6. The van der Waals surface area contributed by atoms with Gasteiger partial charge in [-0.3, -0.25) is 0 Å². The number of hydrogen-bond donors (Lipinski definition) is 1. The summed E-state index contributed by atoms with van der Waals surface area (Å²) in [6.45, 7) is 6.03. The van der Waals surface area contributed by atoms with Gasteiger partial charge in [0.25, 0.3) is 0 Å². The highest BCUT2D eigenvalue weighted by Crippen LogP contribution is 2.30. The highest BCUT2D eigenvalue weighted by molar-refractivity contribution is 7.12. The smallest absolute Gasteiger partial charge is 0.1000 e. The van der Waals surface area contributed by atoms with Gasteiger partial charge in [-0.1, -0.05) is 29.8 Å². The van der Waals surface area contributed by atoms with Crippen LogP contribution in [-0.2, 0) is 12.0 Å². The van der Waals surface area contributed by atoms with Crippen molar-refractivity contribution in [3.8, 4) is 0 Å². The van der Waals surface area contributed by atoms with Gasteiger partial charge in [-0.25, -0.2) is 0 Å². The van der Waals surface area contributed by atoms with Gasteiger partial charge < -0.3 is 5.11 Å². The quantitative estimate of drug-likeness (QED) is 0.873. The largest absolute Gasteiger partial charge is 0.384 e. The van der Waals surface area contributed by atoms with Gasteiger partial charge >= 0.3 is 0 Å². The van der Waals surface area contributed by atoms with Crippen LogP contribution in [0.25, 0.3) is 0 Å². The molecular formula is C15H18OS. The molecule has 0 aliphatic heterocycles. The summed E-state index contributed by atoms with van der Waals surface area (Å²) in [5, 5.41) is 10.5. The van der Waals surface area contributed by atoms with E-state index in [1.54, 1.807) is 11.3 Å². The van der Waals surface area contributed by atoms with Crippen LogP contribution in [0.2, 0.25) is 0 Å². The summed E-state index contributed by atoms with van der Waals surface area (Å²) in [5.74, 6) is 0. The number of hydrogen-bond acceptors (Lipinski definition) is 2. The van der Waals surface area contributed by atoms with Crippen molar-refractivity contribution in [3.63, 3.8) is 0 Å². The molecular weight excluding hydrogens is 228 g/mol. The molecule has 0 amide bonds. The predicted octanol–water partition coefficient (Wildman–Crippen LogP) is 3.82. The maximum Gasteiger partial charge on any atom is 0.1000 e. The van der Waals surface area contributed by atoms with Crippen LogP contribution in [-0.4, -0.2) is 5.11 Å². The van der Waals surface area contributed by atoms with E-state index < -0.39 is 5.60 Å². The lowest BCUT2D eigenvalue weighted by molar-refractivity contribution is 0.0615. The third kappa shape index (κ3) is 2.96. The third-order valence-electron chi connectivity index (χ3n) is 2.94. The van der Waals surface area contributed by atoms with Crippen molar-refractivity contribution in [2.24, 2.45) is 0 Å². The van der Waals surface area contributed by atoms with Crippen molar-refractivity contribution in [1.82, 2.24) is 0 Å². The molecule has 2 rings (SSSR count). The van der Waals surface area contributed by atoms with Crippen LogP contribution in [0.5, 0.6) is 0 Å². The number of benzene rings is 1. The second-order valence-electron chi connectivity index (χ2n) is 4.85. The fourth-order valence-corrected chi connectivity index (χ4v) is 2.83. The van der Waals surface area contributed by atoms with Crippen LogP contribution in [0.15, 0.2) is 36.4 Å². The fourth-order valence-electron chi connectivity index (χ4n) is 1.91. The number of rotatable bonds is 3. The topological polar surface area (TPSA) is 20.2 Å². The fraction of sp³-hybridized carbons (Fsp3) is 0.333. The molecule has 0 radical (unpaired) electrons. The summed E-state index contributed by atoms with van der Waals surface area (Å²) < 4.78 is 0. The summed E-state index contributed by atoms with van der Waals surface area (Å²) in [5.41, 5.74) is 1.65. The molecule has 1 aromatic carbocycles.